The molecule has 2 N–H and O–H groups in total. The summed E-state index contributed by atoms with van der Waals surface area (Å²) in [6, 6.07) is 0.402. The Morgan fingerprint density at radius 1 is 1.28 bits per heavy atom. The summed E-state index contributed by atoms with van der Waals surface area (Å²) in [7, 11) is 0. The Kier molecular flexibility index (Phi) is 5.70. The lowest BCUT2D eigenvalue weighted by Gasteiger charge is -2.34. The van der Waals surface area contributed by atoms with Gasteiger partial charge in [0, 0.05) is 51.6 Å². The molecular weight excluding hydrogens is 322 g/mol. The van der Waals surface area contributed by atoms with Gasteiger partial charge in [-0.05, 0) is 25.3 Å². The summed E-state index contributed by atoms with van der Waals surface area (Å²) in [5.41, 5.74) is 6.62. The molecule has 2 fully saturated rings. The van der Waals surface area contributed by atoms with Crippen LogP contribution >= 0.6 is 0 Å². The highest BCUT2D eigenvalue weighted by atomic mass is 16.5. The van der Waals surface area contributed by atoms with E-state index in [2.05, 4.69) is 10.00 Å². The number of primary amides is 1. The van der Waals surface area contributed by atoms with Crippen molar-refractivity contribution in [3.05, 3.63) is 18.0 Å². The van der Waals surface area contributed by atoms with E-state index >= 15 is 0 Å². The molecule has 2 aliphatic heterocycles. The highest BCUT2D eigenvalue weighted by Gasteiger charge is 2.32. The van der Waals surface area contributed by atoms with Crippen molar-refractivity contribution in [2.24, 2.45) is 11.7 Å². The number of ether oxygens (including phenoxy) is 1. The molecule has 2 amide bonds. The number of aryl methyl sites for hydroxylation is 1. The van der Waals surface area contributed by atoms with Gasteiger partial charge in [-0.15, -0.1) is 0 Å². The van der Waals surface area contributed by atoms with E-state index in [1.54, 1.807) is 15.8 Å². The van der Waals surface area contributed by atoms with Crippen LogP contribution in [0.3, 0.4) is 0 Å². The first-order chi connectivity index (χ1) is 12.0. The van der Waals surface area contributed by atoms with E-state index in [0.29, 0.717) is 25.7 Å². The molecule has 1 aromatic heterocycles. The van der Waals surface area contributed by atoms with Crippen molar-refractivity contribution in [1.82, 2.24) is 19.6 Å². The molecule has 0 bridgehead atoms. The van der Waals surface area contributed by atoms with Crippen LogP contribution in [-0.4, -0.2) is 76.8 Å². The van der Waals surface area contributed by atoms with Gasteiger partial charge in [-0.2, -0.15) is 5.10 Å². The molecule has 0 saturated carbocycles. The quantitative estimate of drug-likeness (QED) is 0.799. The summed E-state index contributed by atoms with van der Waals surface area (Å²) in [6.45, 7) is 6.01. The first-order valence-corrected chi connectivity index (χ1v) is 8.91. The fourth-order valence-electron chi connectivity index (χ4n) is 3.62. The maximum atomic E-state index is 12.7. The maximum Gasteiger partial charge on any atom is 0.244 e. The average Bonchev–Trinajstić information content (AvgIpc) is 2.88. The second-order valence-corrected chi connectivity index (χ2v) is 6.99. The van der Waals surface area contributed by atoms with Gasteiger partial charge in [-0.1, -0.05) is 0 Å². The van der Waals surface area contributed by atoms with Crippen LogP contribution in [0.4, 0.5) is 0 Å². The number of rotatable bonds is 4. The summed E-state index contributed by atoms with van der Waals surface area (Å²) in [6.07, 6.45) is 5.50. The van der Waals surface area contributed by atoms with Crippen molar-refractivity contribution in [2.75, 3.05) is 39.4 Å². The van der Waals surface area contributed by atoms with Crippen molar-refractivity contribution in [3.8, 4) is 0 Å². The predicted octanol–water partition coefficient (Wildman–Crippen LogP) is -0.384. The zero-order valence-electron chi connectivity index (χ0n) is 14.8. The number of nitrogens with two attached hydrogens (primary N) is 1. The normalized spacial score (nSPS) is 23.4. The van der Waals surface area contributed by atoms with E-state index < -0.39 is 0 Å². The minimum absolute atomic E-state index is 0.0248. The number of amides is 2. The lowest BCUT2D eigenvalue weighted by atomic mass is 10.0. The van der Waals surface area contributed by atoms with Gasteiger partial charge in [-0.3, -0.25) is 19.2 Å². The Bertz CT molecular complexity index is 611. The minimum atomic E-state index is -0.341. The number of nitrogens with zero attached hydrogens (tertiary/aromatic N) is 4. The molecule has 1 aromatic rings. The molecule has 0 aliphatic carbocycles. The number of carbonyl (C=O) groups is 2. The summed E-state index contributed by atoms with van der Waals surface area (Å²) >= 11 is 0. The van der Waals surface area contributed by atoms with Gasteiger partial charge in [0.25, 0.3) is 0 Å². The summed E-state index contributed by atoms with van der Waals surface area (Å²) < 4.78 is 7.07. The highest BCUT2D eigenvalue weighted by Crippen LogP contribution is 2.19. The number of aromatic nitrogens is 2. The Balaban J connectivity index is 1.66. The van der Waals surface area contributed by atoms with Gasteiger partial charge in [0.15, 0.2) is 0 Å². The number of hydrogen-bond donors (Lipinski definition) is 1. The lowest BCUT2D eigenvalue weighted by molar-refractivity contribution is -0.133. The number of carbonyl (C=O) groups excluding carboxylic acids is 2. The third kappa shape index (κ3) is 4.58. The lowest BCUT2D eigenvalue weighted by Crippen LogP contribution is -2.44. The molecule has 0 spiro atoms. The summed E-state index contributed by atoms with van der Waals surface area (Å²) in [5, 5.41) is 4.17. The standard InChI is InChI=1S/C17H27N5O3/c1-13-8-19-22(9-13)12-16(23)21-5-4-20(10-14(11-21)17(18)24)15-2-6-25-7-3-15/h8-9,14-15H,2-7,10-12H2,1H3,(H2,18,24)/t14-/m1/s1. The van der Waals surface area contributed by atoms with Gasteiger partial charge < -0.3 is 15.4 Å². The van der Waals surface area contributed by atoms with E-state index in [1.165, 1.54) is 0 Å². The molecule has 0 unspecified atom stereocenters. The molecule has 2 aliphatic rings. The second kappa shape index (κ2) is 7.97. The van der Waals surface area contributed by atoms with Crippen LogP contribution in [0.15, 0.2) is 12.4 Å². The first-order valence-electron chi connectivity index (χ1n) is 8.91. The molecule has 8 nitrogen and oxygen atoms in total. The first kappa shape index (κ1) is 17.9. The minimum Gasteiger partial charge on any atom is -0.381 e. The highest BCUT2D eigenvalue weighted by molar-refractivity contribution is 5.80. The number of hydrogen-bond acceptors (Lipinski definition) is 5. The smallest absolute Gasteiger partial charge is 0.244 e. The molecule has 1 atom stereocenters. The van der Waals surface area contributed by atoms with E-state index in [0.717, 1.165) is 38.2 Å². The zero-order valence-corrected chi connectivity index (χ0v) is 14.8. The van der Waals surface area contributed by atoms with E-state index in [9.17, 15) is 9.59 Å². The van der Waals surface area contributed by atoms with E-state index in [1.807, 2.05) is 13.1 Å². The summed E-state index contributed by atoms with van der Waals surface area (Å²) in [5.74, 6) is -0.705. The molecular formula is C17H27N5O3. The van der Waals surface area contributed by atoms with Gasteiger partial charge in [0.2, 0.25) is 11.8 Å². The fraction of sp³-hybridized carbons (Fsp3) is 0.706. The average molecular weight is 349 g/mol. The van der Waals surface area contributed by atoms with Gasteiger partial charge >= 0.3 is 0 Å². The van der Waals surface area contributed by atoms with Gasteiger partial charge in [0.05, 0.1) is 12.1 Å². The van der Waals surface area contributed by atoms with Crippen molar-refractivity contribution in [1.29, 1.82) is 0 Å². The molecule has 2 saturated heterocycles. The van der Waals surface area contributed by atoms with Crippen LogP contribution in [0.1, 0.15) is 18.4 Å². The van der Waals surface area contributed by atoms with E-state index in [4.69, 9.17) is 10.5 Å². The van der Waals surface area contributed by atoms with Crippen LogP contribution < -0.4 is 5.73 Å². The summed E-state index contributed by atoms with van der Waals surface area (Å²) in [4.78, 5) is 28.6. The Hall–Kier alpha value is -1.93. The zero-order chi connectivity index (χ0) is 17.8. The SMILES string of the molecule is Cc1cnn(CC(=O)N2CCN(C3CCOCC3)C[C@@H](C(N)=O)C2)c1. The third-order valence-electron chi connectivity index (χ3n) is 5.07. The van der Waals surface area contributed by atoms with Crippen molar-refractivity contribution < 1.29 is 14.3 Å². The fourth-order valence-corrected chi connectivity index (χ4v) is 3.62. The Morgan fingerprint density at radius 3 is 2.68 bits per heavy atom. The van der Waals surface area contributed by atoms with Crippen LogP contribution in [0.25, 0.3) is 0 Å². The Labute approximate surface area is 147 Å². The van der Waals surface area contributed by atoms with Crippen LogP contribution in [-0.2, 0) is 20.9 Å². The van der Waals surface area contributed by atoms with Gasteiger partial charge in [-0.25, -0.2) is 0 Å². The topological polar surface area (TPSA) is 93.7 Å². The molecule has 0 aromatic carbocycles. The molecule has 3 rings (SSSR count). The Morgan fingerprint density at radius 2 is 2.04 bits per heavy atom. The van der Waals surface area contributed by atoms with Gasteiger partial charge in [0.1, 0.15) is 6.54 Å². The largest absolute Gasteiger partial charge is 0.381 e. The molecule has 3 heterocycles. The van der Waals surface area contributed by atoms with E-state index in [-0.39, 0.29) is 24.3 Å². The van der Waals surface area contributed by atoms with Crippen LogP contribution in [0, 0.1) is 12.8 Å². The van der Waals surface area contributed by atoms with Crippen LogP contribution in [0.5, 0.6) is 0 Å². The molecule has 0 radical (unpaired) electrons. The second-order valence-electron chi connectivity index (χ2n) is 6.99. The molecule has 138 valence electrons. The van der Waals surface area contributed by atoms with Crippen LogP contribution in [0.2, 0.25) is 0 Å². The monoisotopic (exact) mass is 349 g/mol. The maximum absolute atomic E-state index is 12.7. The van der Waals surface area contributed by atoms with Crippen molar-refractivity contribution in [2.45, 2.75) is 32.4 Å². The molecule has 8 heteroatoms. The predicted molar refractivity (Wildman–Crippen MR) is 91.6 cm³/mol. The van der Waals surface area contributed by atoms with Crippen molar-refractivity contribution >= 4 is 11.8 Å². The van der Waals surface area contributed by atoms with Crippen molar-refractivity contribution in [3.63, 3.8) is 0 Å². The molecule has 25 heavy (non-hydrogen) atoms. The third-order valence-corrected chi connectivity index (χ3v) is 5.07.